The number of halogens is 2. The number of nitrogens with one attached hydrogen (secondary N) is 1. The molecule has 0 aliphatic carbocycles. The van der Waals surface area contributed by atoms with E-state index in [9.17, 15) is 4.79 Å². The molecule has 5 rings (SSSR count). The maximum absolute atomic E-state index is 13.4. The Hall–Kier alpha value is -2.90. The Morgan fingerprint density at radius 2 is 1.97 bits per heavy atom. The molecule has 1 aliphatic rings. The van der Waals surface area contributed by atoms with Crippen molar-refractivity contribution in [1.82, 2.24) is 15.1 Å². The molecular weight excluding hydrogens is 489 g/mol. The van der Waals surface area contributed by atoms with Crippen molar-refractivity contribution in [2.75, 3.05) is 6.61 Å². The largest absolute Gasteiger partial charge is 0.372 e. The summed E-state index contributed by atoms with van der Waals surface area (Å²) in [6.45, 7) is 2.64. The molecule has 0 saturated carbocycles. The number of nitrogens with zero attached hydrogens (tertiary/aromatic N) is 2. The molecule has 1 amide bonds. The van der Waals surface area contributed by atoms with Crippen LogP contribution < -0.4 is 5.32 Å². The minimum absolute atomic E-state index is 0.181. The number of carbonyl (C=O) groups excluding carboxylic acids is 1. The summed E-state index contributed by atoms with van der Waals surface area (Å²) in [5, 5.41) is 10.8. The van der Waals surface area contributed by atoms with E-state index in [1.807, 2.05) is 60.8 Å². The van der Waals surface area contributed by atoms with Crippen LogP contribution in [0.5, 0.6) is 0 Å². The van der Waals surface area contributed by atoms with Gasteiger partial charge in [0, 0.05) is 21.0 Å². The quantitative estimate of drug-likeness (QED) is 0.321. The first-order valence-electron chi connectivity index (χ1n) is 10.8. The maximum Gasteiger partial charge on any atom is 0.272 e. The topological polar surface area (TPSA) is 56.2 Å². The molecule has 2 aromatic carbocycles. The van der Waals surface area contributed by atoms with Crippen LogP contribution in [-0.2, 0) is 11.3 Å². The van der Waals surface area contributed by atoms with Crippen LogP contribution in [0.3, 0.4) is 0 Å². The molecule has 0 radical (unpaired) electrons. The summed E-state index contributed by atoms with van der Waals surface area (Å²) in [7, 11) is 0. The van der Waals surface area contributed by atoms with Gasteiger partial charge in [-0.05, 0) is 48.2 Å². The highest BCUT2D eigenvalue weighted by molar-refractivity contribution is 7.10. The number of benzene rings is 2. The molecule has 0 spiro atoms. The Bertz CT molecular complexity index is 1360. The molecule has 5 nitrogen and oxygen atoms in total. The van der Waals surface area contributed by atoms with E-state index in [1.54, 1.807) is 28.2 Å². The van der Waals surface area contributed by atoms with Gasteiger partial charge in [-0.3, -0.25) is 4.79 Å². The molecule has 0 fully saturated rings. The van der Waals surface area contributed by atoms with E-state index >= 15 is 0 Å². The lowest BCUT2D eigenvalue weighted by molar-refractivity contribution is 0.0926. The first-order chi connectivity index (χ1) is 16.5. The van der Waals surface area contributed by atoms with Gasteiger partial charge in [0.25, 0.3) is 5.91 Å². The van der Waals surface area contributed by atoms with Crippen LogP contribution >= 0.6 is 34.5 Å². The standard InChI is InChI=1S/C26H21Cl2N3O2S/c1-16(17-6-3-2-4-7-17)29-26(32)24-21-15-33-14-18(12-20-8-5-11-34-20)25(21)31(30-24)23-10-9-19(27)13-22(23)28/h2-13,16H,14-15H2,1H3,(H,29,32)/b18-12+/t16-/m1/s1. The van der Waals surface area contributed by atoms with E-state index in [-0.39, 0.29) is 18.6 Å². The van der Waals surface area contributed by atoms with E-state index in [4.69, 9.17) is 33.0 Å². The number of hydrogen-bond donors (Lipinski definition) is 1. The summed E-state index contributed by atoms with van der Waals surface area (Å²) in [5.74, 6) is -0.266. The fourth-order valence-corrected chi connectivity index (χ4v) is 5.17. The first-order valence-corrected chi connectivity index (χ1v) is 12.4. The van der Waals surface area contributed by atoms with Gasteiger partial charge in [0.05, 0.1) is 35.7 Å². The summed E-state index contributed by atoms with van der Waals surface area (Å²) in [6, 6.07) is 18.9. The SMILES string of the molecule is C[C@@H](NC(=O)c1nn(-c2ccc(Cl)cc2Cl)c2c1COC/C2=C\c1cccs1)c1ccccc1. The summed E-state index contributed by atoms with van der Waals surface area (Å²) < 4.78 is 7.62. The predicted octanol–water partition coefficient (Wildman–Crippen LogP) is 6.80. The molecule has 1 aliphatic heterocycles. The Labute approximate surface area is 211 Å². The maximum atomic E-state index is 13.4. The number of hydrogen-bond acceptors (Lipinski definition) is 4. The van der Waals surface area contributed by atoms with Crippen LogP contribution in [0.4, 0.5) is 0 Å². The Morgan fingerprint density at radius 3 is 2.71 bits per heavy atom. The third kappa shape index (κ3) is 4.55. The smallest absolute Gasteiger partial charge is 0.272 e. The van der Waals surface area contributed by atoms with Crippen LogP contribution in [0.15, 0.2) is 66.0 Å². The second-order valence-corrected chi connectivity index (χ2v) is 9.79. The summed E-state index contributed by atoms with van der Waals surface area (Å²) >= 11 is 14.3. The van der Waals surface area contributed by atoms with Crippen molar-refractivity contribution >= 4 is 52.1 Å². The average molecular weight is 510 g/mol. The molecule has 34 heavy (non-hydrogen) atoms. The zero-order valence-electron chi connectivity index (χ0n) is 18.3. The zero-order chi connectivity index (χ0) is 23.7. The number of carbonyl (C=O) groups is 1. The molecule has 0 unspecified atom stereocenters. The average Bonchev–Trinajstić information content (AvgIpc) is 3.48. The molecule has 3 heterocycles. The number of amides is 1. The number of thiophene rings is 1. The van der Waals surface area contributed by atoms with E-state index < -0.39 is 0 Å². The van der Waals surface area contributed by atoms with Crippen LogP contribution in [-0.4, -0.2) is 22.3 Å². The Kier molecular flexibility index (Phi) is 6.57. The summed E-state index contributed by atoms with van der Waals surface area (Å²) in [5.41, 5.74) is 4.47. The van der Waals surface area contributed by atoms with E-state index in [0.717, 1.165) is 27.3 Å². The van der Waals surface area contributed by atoms with Crippen molar-refractivity contribution in [3.8, 4) is 5.69 Å². The monoisotopic (exact) mass is 509 g/mol. The van der Waals surface area contributed by atoms with E-state index in [1.165, 1.54) is 0 Å². The van der Waals surface area contributed by atoms with Crippen molar-refractivity contribution in [2.24, 2.45) is 0 Å². The second kappa shape index (κ2) is 9.76. The normalized spacial score (nSPS) is 15.2. The van der Waals surface area contributed by atoms with Gasteiger partial charge in [0.1, 0.15) is 0 Å². The lowest BCUT2D eigenvalue weighted by Gasteiger charge is -2.19. The summed E-state index contributed by atoms with van der Waals surface area (Å²) in [4.78, 5) is 14.5. The van der Waals surface area contributed by atoms with Crippen LogP contribution in [0.1, 0.15) is 45.2 Å². The number of rotatable bonds is 5. The van der Waals surface area contributed by atoms with Gasteiger partial charge in [0.2, 0.25) is 0 Å². The molecule has 172 valence electrons. The van der Waals surface area contributed by atoms with Gasteiger partial charge >= 0.3 is 0 Å². The fraction of sp³-hybridized carbons (Fsp3) is 0.154. The van der Waals surface area contributed by atoms with Gasteiger partial charge in [-0.1, -0.05) is 59.6 Å². The minimum atomic E-state index is -0.266. The van der Waals surface area contributed by atoms with Crippen molar-refractivity contribution in [1.29, 1.82) is 0 Å². The van der Waals surface area contributed by atoms with Crippen molar-refractivity contribution in [3.05, 3.63) is 103 Å². The highest BCUT2D eigenvalue weighted by Gasteiger charge is 2.30. The van der Waals surface area contributed by atoms with Gasteiger partial charge in [-0.25, -0.2) is 4.68 Å². The number of fused-ring (bicyclic) bond motifs is 1. The molecule has 8 heteroatoms. The molecule has 1 N–H and O–H groups in total. The van der Waals surface area contributed by atoms with Gasteiger partial charge < -0.3 is 10.1 Å². The van der Waals surface area contributed by atoms with Crippen molar-refractivity contribution in [2.45, 2.75) is 19.6 Å². The van der Waals surface area contributed by atoms with E-state index in [2.05, 4.69) is 11.4 Å². The summed E-state index contributed by atoms with van der Waals surface area (Å²) in [6.07, 6.45) is 2.07. The third-order valence-electron chi connectivity index (χ3n) is 5.65. The molecule has 4 aromatic rings. The van der Waals surface area contributed by atoms with Gasteiger partial charge in [-0.2, -0.15) is 5.10 Å². The third-order valence-corrected chi connectivity index (χ3v) is 7.01. The van der Waals surface area contributed by atoms with Crippen LogP contribution in [0, 0.1) is 0 Å². The Balaban J connectivity index is 1.61. The van der Waals surface area contributed by atoms with Crippen LogP contribution in [0.25, 0.3) is 17.3 Å². The second-order valence-electron chi connectivity index (χ2n) is 7.97. The molecule has 1 atom stereocenters. The lowest BCUT2D eigenvalue weighted by Crippen LogP contribution is -2.28. The zero-order valence-corrected chi connectivity index (χ0v) is 20.6. The lowest BCUT2D eigenvalue weighted by atomic mass is 10.0. The highest BCUT2D eigenvalue weighted by atomic mass is 35.5. The van der Waals surface area contributed by atoms with Crippen molar-refractivity contribution < 1.29 is 9.53 Å². The predicted molar refractivity (Wildman–Crippen MR) is 138 cm³/mol. The number of aromatic nitrogens is 2. The fourth-order valence-electron chi connectivity index (χ4n) is 4.00. The molecule has 2 aromatic heterocycles. The van der Waals surface area contributed by atoms with Gasteiger partial charge in [0.15, 0.2) is 5.69 Å². The Morgan fingerprint density at radius 1 is 1.15 bits per heavy atom. The van der Waals surface area contributed by atoms with Crippen LogP contribution in [0.2, 0.25) is 10.0 Å². The molecular formula is C26H21Cl2N3O2S. The first kappa shape index (κ1) is 22.9. The van der Waals surface area contributed by atoms with Gasteiger partial charge in [-0.15, -0.1) is 11.3 Å². The van der Waals surface area contributed by atoms with E-state index in [0.29, 0.717) is 28.0 Å². The molecule has 0 saturated heterocycles. The van der Waals surface area contributed by atoms with Crippen molar-refractivity contribution in [3.63, 3.8) is 0 Å². The minimum Gasteiger partial charge on any atom is -0.372 e. The highest BCUT2D eigenvalue weighted by Crippen LogP contribution is 2.35. The number of ether oxygens (including phenoxy) is 1. The molecule has 0 bridgehead atoms.